The highest BCUT2D eigenvalue weighted by Gasteiger charge is 2.17. The van der Waals surface area contributed by atoms with Crippen LogP contribution in [0.5, 0.6) is 5.75 Å². The van der Waals surface area contributed by atoms with Crippen LogP contribution in [0.15, 0.2) is 29.3 Å². The van der Waals surface area contributed by atoms with Gasteiger partial charge in [0.2, 0.25) is 0 Å². The third-order valence-corrected chi connectivity index (χ3v) is 5.18. The maximum Gasteiger partial charge on any atom is 0.195 e. The first-order chi connectivity index (χ1) is 14.1. The number of anilines is 1. The van der Waals surface area contributed by atoms with Crippen molar-refractivity contribution in [3.05, 3.63) is 24.3 Å². The van der Waals surface area contributed by atoms with E-state index >= 15 is 0 Å². The van der Waals surface area contributed by atoms with Gasteiger partial charge in [0.15, 0.2) is 5.96 Å². The van der Waals surface area contributed by atoms with Crippen LogP contribution in [0.25, 0.3) is 0 Å². The quantitative estimate of drug-likeness (QED) is 0.198. The van der Waals surface area contributed by atoms with Crippen molar-refractivity contribution in [3.63, 3.8) is 0 Å². The Morgan fingerprint density at radius 2 is 1.90 bits per heavy atom. The summed E-state index contributed by atoms with van der Waals surface area (Å²) in [5.41, 5.74) is 0.964. The molecule has 1 aliphatic rings. The van der Waals surface area contributed by atoms with Gasteiger partial charge in [-0.1, -0.05) is 19.9 Å². The van der Waals surface area contributed by atoms with E-state index in [-0.39, 0.29) is 24.0 Å². The predicted octanol–water partition coefficient (Wildman–Crippen LogP) is 2.98. The zero-order chi connectivity index (χ0) is 20.9. The minimum Gasteiger partial charge on any atom is -0.493 e. The lowest BCUT2D eigenvalue weighted by molar-refractivity contribution is 0.124. The van der Waals surface area contributed by atoms with Gasteiger partial charge >= 0.3 is 0 Å². The van der Waals surface area contributed by atoms with Crippen molar-refractivity contribution in [2.24, 2.45) is 10.9 Å². The summed E-state index contributed by atoms with van der Waals surface area (Å²) in [4.78, 5) is 9.44. The molecule has 1 atom stereocenters. The first kappa shape index (κ1) is 26.9. The van der Waals surface area contributed by atoms with E-state index in [1.807, 2.05) is 24.3 Å². The summed E-state index contributed by atoms with van der Waals surface area (Å²) in [6.45, 7) is 13.8. The summed E-state index contributed by atoms with van der Waals surface area (Å²) in [5.74, 6) is 2.18. The van der Waals surface area contributed by atoms with Crippen LogP contribution >= 0.6 is 24.0 Å². The summed E-state index contributed by atoms with van der Waals surface area (Å²) in [6, 6.07) is 7.97. The van der Waals surface area contributed by atoms with Gasteiger partial charge in [-0.3, -0.25) is 4.99 Å². The smallest absolute Gasteiger partial charge is 0.195 e. The Bertz CT molecular complexity index is 609. The monoisotopic (exact) mass is 533 g/mol. The highest BCUT2D eigenvalue weighted by atomic mass is 127. The van der Waals surface area contributed by atoms with Gasteiger partial charge in [-0.05, 0) is 24.6 Å². The second-order valence-electron chi connectivity index (χ2n) is 7.64. The first-order valence-corrected chi connectivity index (χ1v) is 10.8. The van der Waals surface area contributed by atoms with Gasteiger partial charge in [0.05, 0.1) is 6.61 Å². The van der Waals surface area contributed by atoms with Crippen molar-refractivity contribution in [3.8, 4) is 5.75 Å². The molecule has 0 amide bonds. The molecule has 0 bridgehead atoms. The van der Waals surface area contributed by atoms with E-state index in [1.165, 1.54) is 26.2 Å². The molecular formula is C22H40IN5O2. The fourth-order valence-electron chi connectivity index (χ4n) is 3.44. The molecule has 172 valence electrons. The number of benzene rings is 1. The average molecular weight is 533 g/mol. The largest absolute Gasteiger partial charge is 0.493 e. The molecule has 1 unspecified atom stereocenters. The topological polar surface area (TPSA) is 61.4 Å². The van der Waals surface area contributed by atoms with Crippen LogP contribution in [0.3, 0.4) is 0 Å². The molecule has 1 saturated heterocycles. The molecule has 30 heavy (non-hydrogen) atoms. The molecule has 1 heterocycles. The molecule has 1 fully saturated rings. The Morgan fingerprint density at radius 3 is 2.57 bits per heavy atom. The summed E-state index contributed by atoms with van der Waals surface area (Å²) in [6.07, 6.45) is 0.878. The number of ether oxygens (including phenoxy) is 2. The molecule has 0 spiro atoms. The third-order valence-electron chi connectivity index (χ3n) is 5.18. The van der Waals surface area contributed by atoms with Crippen LogP contribution in [-0.4, -0.2) is 88.9 Å². The Kier molecular flexibility index (Phi) is 14.1. The lowest BCUT2D eigenvalue weighted by atomic mass is 10.1. The lowest BCUT2D eigenvalue weighted by Gasteiger charge is -2.35. The van der Waals surface area contributed by atoms with Crippen LogP contribution in [-0.2, 0) is 4.74 Å². The van der Waals surface area contributed by atoms with E-state index in [9.17, 15) is 0 Å². The maximum absolute atomic E-state index is 5.77. The standard InChI is InChI=1S/C22H39N5O2.HI/c1-5-26-10-12-27(13-11-26)18-19(2)17-24-22(23-3)25-20-8-6-9-21(16-20)29-15-7-14-28-4;/h6,8-9,16,19H,5,7,10-15,17-18H2,1-4H3,(H2,23,24,25);1H. The number of hydrogen-bond donors (Lipinski definition) is 2. The second kappa shape index (κ2) is 15.7. The molecule has 0 aromatic heterocycles. The fourth-order valence-corrected chi connectivity index (χ4v) is 3.44. The number of hydrogen-bond acceptors (Lipinski definition) is 5. The summed E-state index contributed by atoms with van der Waals surface area (Å²) in [5, 5.41) is 6.81. The Morgan fingerprint density at radius 1 is 1.17 bits per heavy atom. The van der Waals surface area contributed by atoms with Crippen molar-refractivity contribution >= 4 is 35.6 Å². The number of guanidine groups is 1. The Labute approximate surface area is 199 Å². The Balaban J connectivity index is 0.00000450. The van der Waals surface area contributed by atoms with Gasteiger partial charge in [-0.25, -0.2) is 0 Å². The number of rotatable bonds is 11. The number of aliphatic imine (C=N–C) groups is 1. The number of halogens is 1. The van der Waals surface area contributed by atoms with Crippen molar-refractivity contribution in [2.75, 3.05) is 78.5 Å². The van der Waals surface area contributed by atoms with Gasteiger partial charge in [0, 0.05) is 78.2 Å². The average Bonchev–Trinajstić information content (AvgIpc) is 2.75. The minimum atomic E-state index is 0. The van der Waals surface area contributed by atoms with E-state index in [0.717, 1.165) is 43.5 Å². The molecule has 1 aromatic carbocycles. The first-order valence-electron chi connectivity index (χ1n) is 10.8. The van der Waals surface area contributed by atoms with E-state index in [0.29, 0.717) is 19.1 Å². The normalized spacial score (nSPS) is 16.6. The molecule has 0 aliphatic carbocycles. The zero-order valence-corrected chi connectivity index (χ0v) is 21.4. The van der Waals surface area contributed by atoms with Gasteiger partial charge in [0.25, 0.3) is 0 Å². The number of piperazine rings is 1. The summed E-state index contributed by atoms with van der Waals surface area (Å²) in [7, 11) is 3.51. The van der Waals surface area contributed by atoms with Crippen LogP contribution in [0.4, 0.5) is 5.69 Å². The van der Waals surface area contributed by atoms with Gasteiger partial charge < -0.3 is 29.9 Å². The molecule has 8 heteroatoms. The SMILES string of the molecule is CCN1CCN(CC(C)CNC(=NC)Nc2cccc(OCCCOC)c2)CC1.I. The maximum atomic E-state index is 5.77. The fraction of sp³-hybridized carbons (Fsp3) is 0.682. The van der Waals surface area contributed by atoms with Crippen molar-refractivity contribution in [1.82, 2.24) is 15.1 Å². The van der Waals surface area contributed by atoms with Crippen molar-refractivity contribution < 1.29 is 9.47 Å². The van der Waals surface area contributed by atoms with Gasteiger partial charge in [0.1, 0.15) is 5.75 Å². The predicted molar refractivity (Wildman–Crippen MR) is 137 cm³/mol. The molecule has 2 N–H and O–H groups in total. The summed E-state index contributed by atoms with van der Waals surface area (Å²) < 4.78 is 10.8. The summed E-state index contributed by atoms with van der Waals surface area (Å²) >= 11 is 0. The number of nitrogens with one attached hydrogen (secondary N) is 2. The molecular weight excluding hydrogens is 493 g/mol. The highest BCUT2D eigenvalue weighted by Crippen LogP contribution is 2.17. The number of likely N-dealkylation sites (N-methyl/N-ethyl adjacent to an activating group) is 1. The van der Waals surface area contributed by atoms with E-state index < -0.39 is 0 Å². The number of methoxy groups -OCH3 is 1. The molecule has 2 rings (SSSR count). The second-order valence-corrected chi connectivity index (χ2v) is 7.64. The minimum absolute atomic E-state index is 0. The molecule has 0 saturated carbocycles. The van der Waals surface area contributed by atoms with Crippen LogP contribution < -0.4 is 15.4 Å². The molecule has 7 nitrogen and oxygen atoms in total. The van der Waals surface area contributed by atoms with Crippen LogP contribution in [0.1, 0.15) is 20.3 Å². The van der Waals surface area contributed by atoms with Gasteiger partial charge in [-0.2, -0.15) is 0 Å². The molecule has 0 radical (unpaired) electrons. The van der Waals surface area contributed by atoms with Crippen molar-refractivity contribution in [2.45, 2.75) is 20.3 Å². The lowest BCUT2D eigenvalue weighted by Crippen LogP contribution is -2.48. The third kappa shape index (κ3) is 10.3. The van der Waals surface area contributed by atoms with E-state index in [2.05, 4.69) is 39.3 Å². The Hall–Kier alpha value is -1.10. The zero-order valence-electron chi connectivity index (χ0n) is 19.0. The molecule has 1 aromatic rings. The van der Waals surface area contributed by atoms with E-state index in [1.54, 1.807) is 14.2 Å². The highest BCUT2D eigenvalue weighted by molar-refractivity contribution is 14.0. The van der Waals surface area contributed by atoms with Crippen LogP contribution in [0.2, 0.25) is 0 Å². The van der Waals surface area contributed by atoms with Gasteiger partial charge in [-0.15, -0.1) is 24.0 Å². The van der Waals surface area contributed by atoms with E-state index in [4.69, 9.17) is 9.47 Å². The van der Waals surface area contributed by atoms with Crippen LogP contribution in [0, 0.1) is 5.92 Å². The molecule has 1 aliphatic heterocycles. The number of nitrogens with zero attached hydrogens (tertiary/aromatic N) is 3. The van der Waals surface area contributed by atoms with Crippen molar-refractivity contribution in [1.29, 1.82) is 0 Å².